The van der Waals surface area contributed by atoms with Crippen molar-refractivity contribution < 1.29 is 38.2 Å². The topological polar surface area (TPSA) is 172 Å². The third-order valence-corrected chi connectivity index (χ3v) is 9.61. The maximum absolute atomic E-state index is 14.2. The summed E-state index contributed by atoms with van der Waals surface area (Å²) in [5.41, 5.74) is -1.29. The van der Waals surface area contributed by atoms with Gasteiger partial charge in [0.25, 0.3) is 5.91 Å². The number of alkyl carbamates (subject to hydrolysis) is 1. The molecule has 2 spiro atoms. The van der Waals surface area contributed by atoms with Crippen molar-refractivity contribution in [2.24, 2.45) is 16.2 Å². The molecule has 3 fully saturated rings. The van der Waals surface area contributed by atoms with Crippen LogP contribution in [-0.4, -0.2) is 84.4 Å². The molecule has 274 valence electrons. The highest BCUT2D eigenvalue weighted by atomic mass is 16.6. The molecule has 3 aliphatic rings. The number of amides is 5. The fraction of sp³-hybridized carbons (Fsp3) is 0.622. The highest BCUT2D eigenvalue weighted by Crippen LogP contribution is 2.72. The Morgan fingerprint density at radius 1 is 0.980 bits per heavy atom. The SMILES string of the molecule is C/C=C/CCCCC(=O)Nc1ccccc1NC(=O)C(=O)CNC(=O)[C@@H]1C[C@@]2(CN1C(=O)[C@@H](NC(=O)OC(C)(C)C)C(C)(C)C)CC21COC1. The maximum Gasteiger partial charge on any atom is 0.408 e. The normalized spacial score (nSPS) is 21.3. The summed E-state index contributed by atoms with van der Waals surface area (Å²) in [5, 5.41) is 10.6. The molecule has 1 aromatic carbocycles. The lowest BCUT2D eigenvalue weighted by molar-refractivity contribution is -0.142. The number of ether oxygens (including phenoxy) is 2. The van der Waals surface area contributed by atoms with E-state index in [-0.39, 0.29) is 22.4 Å². The van der Waals surface area contributed by atoms with E-state index < -0.39 is 59.2 Å². The number of anilines is 2. The Hall–Kier alpha value is -4.26. The number of nitrogens with one attached hydrogen (secondary N) is 4. The monoisotopic (exact) mass is 695 g/mol. The van der Waals surface area contributed by atoms with E-state index in [1.807, 2.05) is 39.8 Å². The first-order valence-electron chi connectivity index (χ1n) is 17.4. The molecule has 0 radical (unpaired) electrons. The summed E-state index contributed by atoms with van der Waals surface area (Å²) in [6.45, 7) is 13.4. The molecule has 1 aliphatic carbocycles. The van der Waals surface area contributed by atoms with Crippen molar-refractivity contribution in [2.45, 2.75) is 105 Å². The fourth-order valence-electron chi connectivity index (χ4n) is 6.75. The molecule has 0 aromatic heterocycles. The lowest BCUT2D eigenvalue weighted by Gasteiger charge is -2.36. The average molecular weight is 696 g/mol. The van der Waals surface area contributed by atoms with Gasteiger partial charge < -0.3 is 35.6 Å². The number of likely N-dealkylation sites (tertiary alicyclic amines) is 1. The predicted molar refractivity (Wildman–Crippen MR) is 188 cm³/mol. The van der Waals surface area contributed by atoms with Crippen LogP contribution in [-0.2, 0) is 33.4 Å². The van der Waals surface area contributed by atoms with Crippen molar-refractivity contribution in [2.75, 3.05) is 36.9 Å². The van der Waals surface area contributed by atoms with Crippen molar-refractivity contribution in [1.29, 1.82) is 0 Å². The number of carbonyl (C=O) groups is 6. The number of Topliss-reactive ketones (excluding diaryl/α,β-unsaturated/α-hetero) is 1. The van der Waals surface area contributed by atoms with Gasteiger partial charge in [-0.1, -0.05) is 45.1 Å². The van der Waals surface area contributed by atoms with E-state index in [4.69, 9.17) is 9.47 Å². The minimum Gasteiger partial charge on any atom is -0.444 e. The molecule has 4 rings (SSSR count). The zero-order chi connectivity index (χ0) is 36.9. The molecule has 2 aliphatic heterocycles. The summed E-state index contributed by atoms with van der Waals surface area (Å²) in [6.07, 6.45) is 7.24. The van der Waals surface area contributed by atoms with Gasteiger partial charge in [0.1, 0.15) is 17.7 Å². The van der Waals surface area contributed by atoms with Crippen molar-refractivity contribution in [3.05, 3.63) is 36.4 Å². The maximum atomic E-state index is 14.2. The van der Waals surface area contributed by atoms with Crippen LogP contribution in [0.3, 0.4) is 0 Å². The lowest BCUT2D eigenvalue weighted by atomic mass is 9.85. The van der Waals surface area contributed by atoms with E-state index in [0.29, 0.717) is 44.7 Å². The van der Waals surface area contributed by atoms with Gasteiger partial charge in [0.15, 0.2) is 0 Å². The van der Waals surface area contributed by atoms with Crippen LogP contribution in [0.2, 0.25) is 0 Å². The average Bonchev–Trinajstić information content (AvgIpc) is 3.52. The molecule has 1 saturated carbocycles. The number of carbonyl (C=O) groups excluding carboxylic acids is 6. The molecule has 50 heavy (non-hydrogen) atoms. The number of ketones is 1. The van der Waals surface area contributed by atoms with E-state index in [2.05, 4.69) is 21.3 Å². The number of nitrogens with zero attached hydrogens (tertiary/aromatic N) is 1. The summed E-state index contributed by atoms with van der Waals surface area (Å²) in [4.78, 5) is 80.5. The van der Waals surface area contributed by atoms with E-state index >= 15 is 0 Å². The first kappa shape index (κ1) is 38.5. The van der Waals surface area contributed by atoms with Crippen molar-refractivity contribution in [3.8, 4) is 0 Å². The minimum atomic E-state index is -0.999. The Labute approximate surface area is 294 Å². The summed E-state index contributed by atoms with van der Waals surface area (Å²) >= 11 is 0. The third-order valence-electron chi connectivity index (χ3n) is 9.61. The van der Waals surface area contributed by atoms with Crippen LogP contribution in [0.1, 0.15) is 87.0 Å². The van der Waals surface area contributed by atoms with Crippen LogP contribution >= 0.6 is 0 Å². The first-order chi connectivity index (χ1) is 23.4. The second-order valence-corrected chi connectivity index (χ2v) is 15.9. The van der Waals surface area contributed by atoms with Crippen LogP contribution < -0.4 is 21.3 Å². The Balaban J connectivity index is 1.40. The van der Waals surface area contributed by atoms with Gasteiger partial charge in [-0.05, 0) is 77.3 Å². The van der Waals surface area contributed by atoms with E-state index in [1.54, 1.807) is 45.0 Å². The largest absolute Gasteiger partial charge is 0.444 e. The Kier molecular flexibility index (Phi) is 11.8. The highest BCUT2D eigenvalue weighted by molar-refractivity contribution is 6.41. The molecule has 13 nitrogen and oxygen atoms in total. The molecule has 4 N–H and O–H groups in total. The number of hydrogen-bond acceptors (Lipinski definition) is 8. The molecular weight excluding hydrogens is 642 g/mol. The molecule has 2 saturated heterocycles. The Morgan fingerprint density at radius 3 is 2.20 bits per heavy atom. The van der Waals surface area contributed by atoms with Crippen LogP contribution in [0.5, 0.6) is 0 Å². The van der Waals surface area contributed by atoms with Gasteiger partial charge >= 0.3 is 6.09 Å². The van der Waals surface area contributed by atoms with Gasteiger partial charge in [0.05, 0.1) is 31.1 Å². The Morgan fingerprint density at radius 2 is 1.64 bits per heavy atom. The van der Waals surface area contributed by atoms with Gasteiger partial charge in [-0.2, -0.15) is 0 Å². The molecule has 1 aromatic rings. The summed E-state index contributed by atoms with van der Waals surface area (Å²) < 4.78 is 10.9. The number of benzene rings is 1. The number of para-hydroxylation sites is 2. The van der Waals surface area contributed by atoms with Crippen LogP contribution in [0.15, 0.2) is 36.4 Å². The molecule has 0 bridgehead atoms. The van der Waals surface area contributed by atoms with Crippen molar-refractivity contribution >= 4 is 46.9 Å². The summed E-state index contributed by atoms with van der Waals surface area (Å²) in [7, 11) is 0. The second kappa shape index (κ2) is 15.3. The van der Waals surface area contributed by atoms with E-state index in [9.17, 15) is 28.8 Å². The zero-order valence-corrected chi connectivity index (χ0v) is 30.4. The van der Waals surface area contributed by atoms with Gasteiger partial charge in [-0.15, -0.1) is 0 Å². The van der Waals surface area contributed by atoms with E-state index in [1.165, 1.54) is 4.90 Å². The van der Waals surface area contributed by atoms with Gasteiger partial charge in [-0.3, -0.25) is 24.0 Å². The van der Waals surface area contributed by atoms with Gasteiger partial charge in [0.2, 0.25) is 23.5 Å². The molecule has 13 heteroatoms. The van der Waals surface area contributed by atoms with Gasteiger partial charge in [0, 0.05) is 23.8 Å². The van der Waals surface area contributed by atoms with Crippen LogP contribution in [0.25, 0.3) is 0 Å². The Bertz CT molecular complexity index is 1510. The first-order valence-corrected chi connectivity index (χ1v) is 17.4. The molecular formula is C37H53N5O8. The van der Waals surface area contributed by atoms with E-state index in [0.717, 1.165) is 19.3 Å². The predicted octanol–water partition coefficient (Wildman–Crippen LogP) is 4.33. The highest BCUT2D eigenvalue weighted by Gasteiger charge is 2.75. The zero-order valence-electron chi connectivity index (χ0n) is 30.4. The molecule has 3 atom stereocenters. The molecule has 0 unspecified atom stereocenters. The molecule has 2 heterocycles. The van der Waals surface area contributed by atoms with Crippen LogP contribution in [0, 0.1) is 16.2 Å². The number of allylic oxidation sites excluding steroid dienone is 2. The third kappa shape index (κ3) is 9.29. The quantitative estimate of drug-likeness (QED) is 0.134. The van der Waals surface area contributed by atoms with Gasteiger partial charge in [-0.25, -0.2) is 4.79 Å². The second-order valence-electron chi connectivity index (χ2n) is 15.9. The number of fused-ring (bicyclic) bond motifs is 1. The summed E-state index contributed by atoms with van der Waals surface area (Å²) in [5.74, 6) is -3.06. The smallest absolute Gasteiger partial charge is 0.408 e. The number of rotatable bonds is 13. The van der Waals surface area contributed by atoms with Crippen molar-refractivity contribution in [3.63, 3.8) is 0 Å². The molecule has 5 amide bonds. The summed E-state index contributed by atoms with van der Waals surface area (Å²) in [6, 6.07) is 4.64. The minimum absolute atomic E-state index is 0.0959. The number of hydrogen-bond donors (Lipinski definition) is 4. The number of unbranched alkanes of at least 4 members (excludes halogenated alkanes) is 2. The fourth-order valence-corrected chi connectivity index (χ4v) is 6.75. The van der Waals surface area contributed by atoms with Crippen molar-refractivity contribution in [1.82, 2.24) is 15.5 Å². The standard InChI is InChI=1S/C37H53N5O8/c1-8-9-10-11-12-17-28(44)39-24-15-13-14-16-25(24)40-31(46)27(43)19-38-30(45)26-18-36(20-37(36)22-49-23-37)21-42(26)32(47)29(34(2,3)4)41-33(48)50-35(5,6)7/h8-9,13-16,26,29H,10-12,17-23H2,1-7H3,(H,38,45)(H,39,44)(H,40,46)(H,41,48)/b9-8+/t26-,29+,36-/m0/s1. The lowest BCUT2D eigenvalue weighted by Crippen LogP contribution is -2.58. The van der Waals surface area contributed by atoms with Crippen LogP contribution in [0.4, 0.5) is 16.2 Å².